The van der Waals surface area contributed by atoms with E-state index in [9.17, 15) is 4.79 Å². The van der Waals surface area contributed by atoms with Crippen molar-refractivity contribution >= 4 is 5.97 Å². The van der Waals surface area contributed by atoms with Crippen molar-refractivity contribution < 1.29 is 14.3 Å². The Morgan fingerprint density at radius 3 is 2.82 bits per heavy atom. The largest absolute Gasteiger partial charge is 0.469 e. The highest BCUT2D eigenvalue weighted by Crippen LogP contribution is 2.12. The fraction of sp³-hybridized carbons (Fsp3) is 0.923. The molecule has 0 unspecified atom stereocenters. The monoisotopic (exact) mass is 243 g/mol. The van der Waals surface area contributed by atoms with Crippen LogP contribution in [-0.4, -0.2) is 38.9 Å². The lowest BCUT2D eigenvalue weighted by Gasteiger charge is -2.10. The minimum absolute atomic E-state index is 0.116. The lowest BCUT2D eigenvalue weighted by Crippen LogP contribution is -2.26. The normalized spacial score (nSPS) is 23.9. The summed E-state index contributed by atoms with van der Waals surface area (Å²) >= 11 is 0. The molecule has 1 heterocycles. The van der Waals surface area contributed by atoms with E-state index in [1.165, 1.54) is 13.5 Å². The topological polar surface area (TPSA) is 47.6 Å². The summed E-state index contributed by atoms with van der Waals surface area (Å²) < 4.78 is 10.2. The zero-order valence-corrected chi connectivity index (χ0v) is 11.0. The molecule has 1 rings (SSSR count). The molecule has 2 atom stereocenters. The third-order valence-electron chi connectivity index (χ3n) is 3.16. The first-order chi connectivity index (χ1) is 8.22. The molecule has 0 aromatic carbocycles. The number of ether oxygens (including phenoxy) is 2. The number of nitrogens with one attached hydrogen (secondary N) is 1. The van der Waals surface area contributed by atoms with Crippen molar-refractivity contribution in [3.05, 3.63) is 0 Å². The number of hydrogen-bond donors (Lipinski definition) is 1. The third-order valence-corrected chi connectivity index (χ3v) is 3.16. The SMILES string of the molecule is COC(=O)CCCCCOC[C@@H]1C[C@H](C)CN1. The number of carbonyl (C=O) groups is 1. The molecular formula is C13H25NO3. The van der Waals surface area contributed by atoms with Crippen LogP contribution in [0.4, 0.5) is 0 Å². The average Bonchev–Trinajstić information content (AvgIpc) is 2.73. The van der Waals surface area contributed by atoms with Gasteiger partial charge >= 0.3 is 5.97 Å². The summed E-state index contributed by atoms with van der Waals surface area (Å²) in [6.07, 6.45) is 4.71. The molecule has 1 aliphatic heterocycles. The van der Waals surface area contributed by atoms with Gasteiger partial charge < -0.3 is 14.8 Å². The molecule has 0 spiro atoms. The van der Waals surface area contributed by atoms with E-state index in [2.05, 4.69) is 17.0 Å². The van der Waals surface area contributed by atoms with Gasteiger partial charge in [-0.3, -0.25) is 4.79 Å². The second-order valence-corrected chi connectivity index (χ2v) is 4.91. The van der Waals surface area contributed by atoms with Crippen molar-refractivity contribution in [1.82, 2.24) is 5.32 Å². The lowest BCUT2D eigenvalue weighted by atomic mass is 10.1. The molecule has 1 aliphatic rings. The van der Waals surface area contributed by atoms with Crippen molar-refractivity contribution in [3.8, 4) is 0 Å². The number of rotatable bonds is 8. The van der Waals surface area contributed by atoms with Gasteiger partial charge in [0, 0.05) is 19.1 Å². The maximum Gasteiger partial charge on any atom is 0.305 e. The van der Waals surface area contributed by atoms with Gasteiger partial charge in [0.2, 0.25) is 0 Å². The Morgan fingerprint density at radius 1 is 1.35 bits per heavy atom. The van der Waals surface area contributed by atoms with Crippen LogP contribution in [-0.2, 0) is 14.3 Å². The third kappa shape index (κ3) is 6.64. The lowest BCUT2D eigenvalue weighted by molar-refractivity contribution is -0.140. The Hall–Kier alpha value is -0.610. The molecule has 0 bridgehead atoms. The van der Waals surface area contributed by atoms with Crippen molar-refractivity contribution in [2.24, 2.45) is 5.92 Å². The molecule has 1 fully saturated rings. The molecule has 0 saturated carbocycles. The van der Waals surface area contributed by atoms with Gasteiger partial charge in [-0.15, -0.1) is 0 Å². The summed E-state index contributed by atoms with van der Waals surface area (Å²) in [6, 6.07) is 0.542. The number of esters is 1. The highest BCUT2D eigenvalue weighted by atomic mass is 16.5. The second kappa shape index (κ2) is 8.48. The van der Waals surface area contributed by atoms with Crippen LogP contribution < -0.4 is 5.32 Å². The number of methoxy groups -OCH3 is 1. The van der Waals surface area contributed by atoms with Crippen LogP contribution >= 0.6 is 0 Å². The fourth-order valence-corrected chi connectivity index (χ4v) is 2.13. The van der Waals surface area contributed by atoms with Crippen LogP contribution in [0.2, 0.25) is 0 Å². The van der Waals surface area contributed by atoms with Crippen LogP contribution in [0.25, 0.3) is 0 Å². The Balaban J connectivity index is 1.83. The smallest absolute Gasteiger partial charge is 0.305 e. The minimum Gasteiger partial charge on any atom is -0.469 e. The standard InChI is InChI=1S/C13H25NO3/c1-11-8-12(14-9-11)10-17-7-5-3-4-6-13(15)16-2/h11-12,14H,3-10H2,1-2H3/t11-,12-/m0/s1. The van der Waals surface area contributed by atoms with E-state index in [1.807, 2.05) is 0 Å². The number of carbonyl (C=O) groups excluding carboxylic acids is 1. The van der Waals surface area contributed by atoms with Gasteiger partial charge in [0.25, 0.3) is 0 Å². The van der Waals surface area contributed by atoms with Crippen LogP contribution in [0.15, 0.2) is 0 Å². The maximum absolute atomic E-state index is 10.8. The Morgan fingerprint density at radius 2 is 2.18 bits per heavy atom. The molecule has 4 heteroatoms. The molecule has 1 N–H and O–H groups in total. The average molecular weight is 243 g/mol. The van der Waals surface area contributed by atoms with Gasteiger partial charge in [-0.25, -0.2) is 0 Å². The highest BCUT2D eigenvalue weighted by molar-refractivity contribution is 5.68. The van der Waals surface area contributed by atoms with Crippen LogP contribution in [0.3, 0.4) is 0 Å². The van der Waals surface area contributed by atoms with E-state index < -0.39 is 0 Å². The first kappa shape index (κ1) is 14.5. The molecule has 1 saturated heterocycles. The zero-order valence-electron chi connectivity index (χ0n) is 11.0. The maximum atomic E-state index is 10.8. The second-order valence-electron chi connectivity index (χ2n) is 4.91. The van der Waals surface area contributed by atoms with E-state index >= 15 is 0 Å². The molecule has 17 heavy (non-hydrogen) atoms. The Labute approximate surface area is 104 Å². The van der Waals surface area contributed by atoms with E-state index in [1.54, 1.807) is 0 Å². The summed E-state index contributed by atoms with van der Waals surface area (Å²) in [5, 5.41) is 3.44. The van der Waals surface area contributed by atoms with Gasteiger partial charge in [0.15, 0.2) is 0 Å². The zero-order chi connectivity index (χ0) is 12.5. The molecule has 0 amide bonds. The summed E-state index contributed by atoms with van der Waals surface area (Å²) in [5.74, 6) is 0.665. The summed E-state index contributed by atoms with van der Waals surface area (Å²) in [6.45, 7) is 5.00. The van der Waals surface area contributed by atoms with E-state index in [0.29, 0.717) is 12.5 Å². The van der Waals surface area contributed by atoms with E-state index in [-0.39, 0.29) is 5.97 Å². The molecule has 0 aromatic rings. The van der Waals surface area contributed by atoms with Crippen LogP contribution in [0.5, 0.6) is 0 Å². The number of hydrogen-bond acceptors (Lipinski definition) is 4. The van der Waals surface area contributed by atoms with Gasteiger partial charge in [-0.1, -0.05) is 13.3 Å². The van der Waals surface area contributed by atoms with Gasteiger partial charge in [0.05, 0.1) is 13.7 Å². The van der Waals surface area contributed by atoms with E-state index in [4.69, 9.17) is 4.74 Å². The molecular weight excluding hydrogens is 218 g/mol. The van der Waals surface area contributed by atoms with Gasteiger partial charge in [-0.05, 0) is 31.7 Å². The predicted octanol–water partition coefficient (Wildman–Crippen LogP) is 1.73. The van der Waals surface area contributed by atoms with Crippen LogP contribution in [0, 0.1) is 5.92 Å². The molecule has 0 radical (unpaired) electrons. The van der Waals surface area contributed by atoms with Crippen LogP contribution in [0.1, 0.15) is 39.0 Å². The first-order valence-corrected chi connectivity index (χ1v) is 6.60. The summed E-state index contributed by atoms with van der Waals surface area (Å²) in [5.41, 5.74) is 0. The summed E-state index contributed by atoms with van der Waals surface area (Å²) in [7, 11) is 1.43. The van der Waals surface area contributed by atoms with Crippen molar-refractivity contribution in [2.75, 3.05) is 26.9 Å². The fourth-order valence-electron chi connectivity index (χ4n) is 2.13. The molecule has 0 aliphatic carbocycles. The Kier molecular flexibility index (Phi) is 7.21. The predicted molar refractivity (Wildman–Crippen MR) is 66.9 cm³/mol. The molecule has 0 aromatic heterocycles. The first-order valence-electron chi connectivity index (χ1n) is 6.60. The van der Waals surface area contributed by atoms with Crippen molar-refractivity contribution in [1.29, 1.82) is 0 Å². The van der Waals surface area contributed by atoms with Crippen molar-refractivity contribution in [3.63, 3.8) is 0 Å². The molecule has 4 nitrogen and oxygen atoms in total. The summed E-state index contributed by atoms with van der Waals surface area (Å²) in [4.78, 5) is 10.8. The quantitative estimate of drug-likeness (QED) is 0.521. The van der Waals surface area contributed by atoms with Crippen molar-refractivity contribution in [2.45, 2.75) is 45.1 Å². The number of unbranched alkanes of at least 4 members (excludes halogenated alkanes) is 2. The Bertz CT molecular complexity index is 221. The van der Waals surface area contributed by atoms with Gasteiger partial charge in [0.1, 0.15) is 0 Å². The highest BCUT2D eigenvalue weighted by Gasteiger charge is 2.19. The van der Waals surface area contributed by atoms with E-state index in [0.717, 1.165) is 44.9 Å². The van der Waals surface area contributed by atoms with Gasteiger partial charge in [-0.2, -0.15) is 0 Å². The minimum atomic E-state index is -0.116. The molecule has 100 valence electrons.